The number of rotatable bonds is 4. The van der Waals surface area contributed by atoms with Crippen molar-refractivity contribution in [1.82, 2.24) is 10.6 Å². The van der Waals surface area contributed by atoms with Gasteiger partial charge in [-0.2, -0.15) is 0 Å². The van der Waals surface area contributed by atoms with Gasteiger partial charge in [-0.1, -0.05) is 30.3 Å². The Morgan fingerprint density at radius 3 is 1.75 bits per heavy atom. The van der Waals surface area contributed by atoms with Gasteiger partial charge in [-0.25, -0.2) is 0 Å². The van der Waals surface area contributed by atoms with E-state index in [1.54, 1.807) is 5.56 Å². The lowest BCUT2D eigenvalue weighted by Crippen LogP contribution is -2.49. The Morgan fingerprint density at radius 1 is 0.708 bits per heavy atom. The van der Waals surface area contributed by atoms with Crippen molar-refractivity contribution >= 4 is 0 Å². The van der Waals surface area contributed by atoms with Crippen LogP contribution in [0.15, 0.2) is 30.3 Å². The smallest absolute Gasteiger partial charge is 0.00990 e. The van der Waals surface area contributed by atoms with Crippen LogP contribution in [0.3, 0.4) is 0 Å². The van der Waals surface area contributed by atoms with Gasteiger partial charge < -0.3 is 10.6 Å². The molecule has 2 saturated carbocycles. The molecule has 0 amide bonds. The van der Waals surface area contributed by atoms with E-state index in [0.29, 0.717) is 0 Å². The fourth-order valence-corrected chi connectivity index (χ4v) is 4.67. The molecule has 0 atom stereocenters. The van der Waals surface area contributed by atoms with Crippen LogP contribution in [0.5, 0.6) is 0 Å². The van der Waals surface area contributed by atoms with Crippen LogP contribution in [0.4, 0.5) is 0 Å². The summed E-state index contributed by atoms with van der Waals surface area (Å²) in [5.41, 5.74) is 1.80. The highest BCUT2D eigenvalue weighted by Gasteiger charge is 2.27. The van der Waals surface area contributed by atoms with Gasteiger partial charge in [0, 0.05) is 23.7 Å². The first-order valence-corrected chi connectivity index (χ1v) is 10.1. The molecule has 0 spiro atoms. The predicted octanol–water partition coefficient (Wildman–Crippen LogP) is 5.00. The van der Waals surface area contributed by atoms with Gasteiger partial charge in [-0.05, 0) is 83.6 Å². The van der Waals surface area contributed by atoms with E-state index in [9.17, 15) is 0 Å². The molecule has 0 aliphatic heterocycles. The molecule has 1 aromatic rings. The summed E-state index contributed by atoms with van der Waals surface area (Å²) in [7, 11) is 0. The van der Waals surface area contributed by atoms with Crippen molar-refractivity contribution in [2.45, 2.75) is 102 Å². The molecule has 0 aromatic heterocycles. The second-order valence-electron chi connectivity index (χ2n) is 9.07. The maximum atomic E-state index is 3.99. The van der Waals surface area contributed by atoms with E-state index in [2.05, 4.69) is 61.7 Å². The van der Waals surface area contributed by atoms with Crippen LogP contribution in [-0.2, 0) is 0 Å². The van der Waals surface area contributed by atoms with E-state index in [4.69, 9.17) is 0 Å². The van der Waals surface area contributed by atoms with Crippen LogP contribution in [0.1, 0.15) is 83.6 Å². The van der Waals surface area contributed by atoms with Crippen LogP contribution in [0.25, 0.3) is 0 Å². The zero-order chi connectivity index (χ0) is 17.0. The minimum atomic E-state index is 0.251. The topological polar surface area (TPSA) is 24.1 Å². The number of hydrogen-bond donors (Lipinski definition) is 2. The Labute approximate surface area is 148 Å². The molecule has 1 aromatic carbocycles. The van der Waals surface area contributed by atoms with Gasteiger partial charge >= 0.3 is 0 Å². The Kier molecular flexibility index (Phi) is 5.99. The lowest BCUT2D eigenvalue weighted by atomic mass is 9.81. The Balaban J connectivity index is 1.38. The Bertz CT molecular complexity index is 474. The average molecular weight is 329 g/mol. The van der Waals surface area contributed by atoms with Crippen molar-refractivity contribution in [2.24, 2.45) is 0 Å². The van der Waals surface area contributed by atoms with Crippen LogP contribution in [0.2, 0.25) is 0 Å². The van der Waals surface area contributed by atoms with E-state index in [-0.39, 0.29) is 5.54 Å². The summed E-state index contributed by atoms with van der Waals surface area (Å²) < 4.78 is 0. The molecule has 134 valence electrons. The number of benzene rings is 1. The summed E-state index contributed by atoms with van der Waals surface area (Å²) in [4.78, 5) is 0. The zero-order valence-corrected chi connectivity index (χ0v) is 15.9. The molecule has 24 heavy (non-hydrogen) atoms. The molecule has 2 aliphatic carbocycles. The SMILES string of the molecule is CC(C)(C)NC1CCC(NC2CCC(c3ccccc3)CC2)CC1. The second kappa shape index (κ2) is 8.01. The summed E-state index contributed by atoms with van der Waals surface area (Å²) in [6, 6.07) is 13.3. The van der Waals surface area contributed by atoms with Gasteiger partial charge in [0.1, 0.15) is 0 Å². The summed E-state index contributed by atoms with van der Waals surface area (Å²) in [6.07, 6.45) is 10.7. The third kappa shape index (κ3) is 5.32. The summed E-state index contributed by atoms with van der Waals surface area (Å²) in [5, 5.41) is 7.76. The van der Waals surface area contributed by atoms with Gasteiger partial charge in [0.2, 0.25) is 0 Å². The molecular formula is C22H36N2. The van der Waals surface area contributed by atoms with E-state index in [0.717, 1.165) is 24.0 Å². The first kappa shape index (κ1) is 17.9. The first-order valence-electron chi connectivity index (χ1n) is 10.1. The van der Waals surface area contributed by atoms with Gasteiger partial charge in [0.25, 0.3) is 0 Å². The summed E-state index contributed by atoms with van der Waals surface area (Å²) in [6.45, 7) is 6.84. The molecule has 2 aliphatic rings. The first-order chi connectivity index (χ1) is 11.5. The molecular weight excluding hydrogens is 292 g/mol. The predicted molar refractivity (Wildman–Crippen MR) is 104 cm³/mol. The van der Waals surface area contributed by atoms with E-state index >= 15 is 0 Å². The highest BCUT2D eigenvalue weighted by molar-refractivity contribution is 5.20. The van der Waals surface area contributed by atoms with Gasteiger partial charge in [0.05, 0.1) is 0 Å². The van der Waals surface area contributed by atoms with Gasteiger partial charge in [-0.3, -0.25) is 0 Å². The quantitative estimate of drug-likeness (QED) is 0.812. The standard InChI is InChI=1S/C22H36N2/c1-22(2,3)24-21-15-13-20(14-16-21)23-19-11-9-18(10-12-19)17-7-5-4-6-8-17/h4-8,18-21,23-24H,9-16H2,1-3H3. The molecule has 3 rings (SSSR count). The second-order valence-corrected chi connectivity index (χ2v) is 9.07. The van der Waals surface area contributed by atoms with Crippen LogP contribution in [0, 0.1) is 0 Å². The minimum Gasteiger partial charge on any atom is -0.311 e. The third-order valence-electron chi connectivity index (χ3n) is 5.83. The minimum absolute atomic E-state index is 0.251. The maximum absolute atomic E-state index is 3.99. The molecule has 0 unspecified atom stereocenters. The fourth-order valence-electron chi connectivity index (χ4n) is 4.67. The number of nitrogens with one attached hydrogen (secondary N) is 2. The Hall–Kier alpha value is -0.860. The summed E-state index contributed by atoms with van der Waals surface area (Å²) >= 11 is 0. The fraction of sp³-hybridized carbons (Fsp3) is 0.727. The molecule has 0 saturated heterocycles. The van der Waals surface area contributed by atoms with Crippen LogP contribution in [-0.4, -0.2) is 23.7 Å². The number of hydrogen-bond acceptors (Lipinski definition) is 2. The highest BCUT2D eigenvalue weighted by atomic mass is 15.0. The molecule has 2 fully saturated rings. The van der Waals surface area contributed by atoms with Crippen molar-refractivity contribution in [1.29, 1.82) is 0 Å². The van der Waals surface area contributed by atoms with Gasteiger partial charge in [0.15, 0.2) is 0 Å². The third-order valence-corrected chi connectivity index (χ3v) is 5.83. The lowest BCUT2D eigenvalue weighted by Gasteiger charge is -2.37. The molecule has 2 heteroatoms. The van der Waals surface area contributed by atoms with Gasteiger partial charge in [-0.15, -0.1) is 0 Å². The molecule has 2 nitrogen and oxygen atoms in total. The largest absolute Gasteiger partial charge is 0.311 e. The summed E-state index contributed by atoms with van der Waals surface area (Å²) in [5.74, 6) is 0.788. The maximum Gasteiger partial charge on any atom is 0.00990 e. The molecule has 0 radical (unpaired) electrons. The van der Waals surface area contributed by atoms with Crippen molar-refractivity contribution in [2.75, 3.05) is 0 Å². The molecule has 0 heterocycles. The molecule has 0 bridgehead atoms. The molecule has 2 N–H and O–H groups in total. The van der Waals surface area contributed by atoms with Crippen molar-refractivity contribution in [3.63, 3.8) is 0 Å². The normalized spacial score (nSPS) is 31.8. The Morgan fingerprint density at radius 2 is 1.21 bits per heavy atom. The van der Waals surface area contributed by atoms with Crippen LogP contribution >= 0.6 is 0 Å². The average Bonchev–Trinajstić information content (AvgIpc) is 2.57. The van der Waals surface area contributed by atoms with Crippen molar-refractivity contribution in [3.8, 4) is 0 Å². The van der Waals surface area contributed by atoms with E-state index in [1.165, 1.54) is 51.4 Å². The van der Waals surface area contributed by atoms with Crippen LogP contribution < -0.4 is 10.6 Å². The zero-order valence-electron chi connectivity index (χ0n) is 15.9. The monoisotopic (exact) mass is 328 g/mol. The van der Waals surface area contributed by atoms with Crippen molar-refractivity contribution < 1.29 is 0 Å². The van der Waals surface area contributed by atoms with E-state index < -0.39 is 0 Å². The lowest BCUT2D eigenvalue weighted by molar-refractivity contribution is 0.234. The highest BCUT2D eigenvalue weighted by Crippen LogP contribution is 2.33. The van der Waals surface area contributed by atoms with Crippen molar-refractivity contribution in [3.05, 3.63) is 35.9 Å². The van der Waals surface area contributed by atoms with E-state index in [1.807, 2.05) is 0 Å².